The highest BCUT2D eigenvalue weighted by atomic mass is 16.3. The Labute approximate surface area is 99.6 Å². The van der Waals surface area contributed by atoms with Crippen molar-refractivity contribution in [3.05, 3.63) is 28.8 Å². The summed E-state index contributed by atoms with van der Waals surface area (Å²) in [5.41, 5.74) is 1.32. The Balaban J connectivity index is 2.37. The van der Waals surface area contributed by atoms with Gasteiger partial charge in [0.15, 0.2) is 0 Å². The van der Waals surface area contributed by atoms with Crippen molar-refractivity contribution in [3.63, 3.8) is 0 Å². The first-order valence-corrected chi connectivity index (χ1v) is 5.85. The molecular formula is C13H15NO3. The summed E-state index contributed by atoms with van der Waals surface area (Å²) in [6, 6.07) is 2.98. The van der Waals surface area contributed by atoms with Crippen molar-refractivity contribution >= 4 is 11.8 Å². The van der Waals surface area contributed by atoms with Gasteiger partial charge in [-0.15, -0.1) is 0 Å². The van der Waals surface area contributed by atoms with Crippen LogP contribution < -0.4 is 5.32 Å². The molecule has 0 aliphatic carbocycles. The number of imide groups is 1. The van der Waals surface area contributed by atoms with E-state index in [9.17, 15) is 14.7 Å². The van der Waals surface area contributed by atoms with Crippen LogP contribution in [-0.4, -0.2) is 16.9 Å². The van der Waals surface area contributed by atoms with Gasteiger partial charge in [-0.3, -0.25) is 14.9 Å². The second kappa shape index (κ2) is 4.57. The van der Waals surface area contributed by atoms with Gasteiger partial charge in [0, 0.05) is 5.56 Å². The first-order chi connectivity index (χ1) is 8.15. The summed E-state index contributed by atoms with van der Waals surface area (Å²) in [4.78, 5) is 23.1. The molecule has 1 heterocycles. The number of nitrogens with one attached hydrogen (secondary N) is 1. The molecule has 0 saturated carbocycles. The number of fused-ring (bicyclic) bond motifs is 1. The SMILES string of the molecule is CCCCCc1c(O)ccc2c1C(=O)NC2=O. The van der Waals surface area contributed by atoms with E-state index in [0.29, 0.717) is 23.1 Å². The molecule has 17 heavy (non-hydrogen) atoms. The van der Waals surface area contributed by atoms with Crippen molar-refractivity contribution in [1.82, 2.24) is 5.32 Å². The molecule has 0 bridgehead atoms. The van der Waals surface area contributed by atoms with Crippen molar-refractivity contribution < 1.29 is 14.7 Å². The van der Waals surface area contributed by atoms with E-state index in [1.54, 1.807) is 0 Å². The molecular weight excluding hydrogens is 218 g/mol. The van der Waals surface area contributed by atoms with E-state index in [1.165, 1.54) is 12.1 Å². The van der Waals surface area contributed by atoms with E-state index in [-0.39, 0.29) is 11.7 Å². The highest BCUT2D eigenvalue weighted by molar-refractivity contribution is 6.22. The number of hydrogen-bond acceptors (Lipinski definition) is 3. The van der Waals surface area contributed by atoms with Crippen LogP contribution in [0.15, 0.2) is 12.1 Å². The Morgan fingerprint density at radius 3 is 2.65 bits per heavy atom. The summed E-state index contributed by atoms with van der Waals surface area (Å²) in [6.45, 7) is 2.09. The highest BCUT2D eigenvalue weighted by Crippen LogP contribution is 2.29. The zero-order valence-corrected chi connectivity index (χ0v) is 9.75. The number of benzene rings is 1. The molecule has 0 atom stereocenters. The van der Waals surface area contributed by atoms with E-state index >= 15 is 0 Å². The average molecular weight is 233 g/mol. The number of carbonyl (C=O) groups is 2. The Hall–Kier alpha value is -1.84. The van der Waals surface area contributed by atoms with E-state index in [4.69, 9.17) is 0 Å². The Morgan fingerprint density at radius 1 is 1.18 bits per heavy atom. The van der Waals surface area contributed by atoms with Gasteiger partial charge in [-0.2, -0.15) is 0 Å². The van der Waals surface area contributed by atoms with E-state index in [0.717, 1.165) is 19.3 Å². The Kier molecular flexibility index (Phi) is 3.13. The monoisotopic (exact) mass is 233 g/mol. The number of phenolic OH excluding ortho intramolecular Hbond substituents is 1. The predicted octanol–water partition coefficient (Wildman–Crippen LogP) is 2.01. The molecule has 0 aromatic heterocycles. The number of rotatable bonds is 4. The zero-order valence-electron chi connectivity index (χ0n) is 9.75. The lowest BCUT2D eigenvalue weighted by Crippen LogP contribution is -2.20. The lowest BCUT2D eigenvalue weighted by molar-refractivity contribution is 0.0879. The van der Waals surface area contributed by atoms with Gasteiger partial charge in [0.05, 0.1) is 11.1 Å². The molecule has 2 N–H and O–H groups in total. The fourth-order valence-corrected chi connectivity index (χ4v) is 2.12. The van der Waals surface area contributed by atoms with Gasteiger partial charge >= 0.3 is 0 Å². The molecule has 0 spiro atoms. The Morgan fingerprint density at radius 2 is 1.94 bits per heavy atom. The number of aromatic hydroxyl groups is 1. The maximum Gasteiger partial charge on any atom is 0.259 e. The largest absolute Gasteiger partial charge is 0.508 e. The van der Waals surface area contributed by atoms with E-state index in [1.807, 2.05) is 0 Å². The molecule has 2 amide bonds. The lowest BCUT2D eigenvalue weighted by Gasteiger charge is -2.07. The predicted molar refractivity (Wildman–Crippen MR) is 63.1 cm³/mol. The van der Waals surface area contributed by atoms with Crippen molar-refractivity contribution in [2.75, 3.05) is 0 Å². The van der Waals surface area contributed by atoms with E-state index in [2.05, 4.69) is 12.2 Å². The van der Waals surface area contributed by atoms with Crippen LogP contribution in [0.3, 0.4) is 0 Å². The highest BCUT2D eigenvalue weighted by Gasteiger charge is 2.30. The zero-order chi connectivity index (χ0) is 12.4. The third kappa shape index (κ3) is 2.02. The Bertz CT molecular complexity index is 480. The second-order valence-corrected chi connectivity index (χ2v) is 4.23. The third-order valence-electron chi connectivity index (χ3n) is 3.02. The van der Waals surface area contributed by atoms with Crippen LogP contribution in [0, 0.1) is 0 Å². The maximum absolute atomic E-state index is 11.6. The molecule has 0 fully saturated rings. The van der Waals surface area contributed by atoms with Crippen molar-refractivity contribution in [2.24, 2.45) is 0 Å². The molecule has 4 heteroatoms. The van der Waals surface area contributed by atoms with Gasteiger partial charge in [-0.05, 0) is 25.0 Å². The minimum Gasteiger partial charge on any atom is -0.508 e. The second-order valence-electron chi connectivity index (χ2n) is 4.23. The summed E-state index contributed by atoms with van der Waals surface area (Å²) < 4.78 is 0. The summed E-state index contributed by atoms with van der Waals surface area (Å²) in [6.07, 6.45) is 3.64. The van der Waals surface area contributed by atoms with Gasteiger partial charge in [0.25, 0.3) is 11.8 Å². The first kappa shape index (κ1) is 11.6. The average Bonchev–Trinajstić information content (AvgIpc) is 2.58. The number of hydrogen-bond donors (Lipinski definition) is 2. The summed E-state index contributed by atoms with van der Waals surface area (Å²) in [5.74, 6) is -0.668. The molecule has 1 aliphatic heterocycles. The van der Waals surface area contributed by atoms with Gasteiger partial charge in [-0.1, -0.05) is 19.8 Å². The van der Waals surface area contributed by atoms with Gasteiger partial charge < -0.3 is 5.11 Å². The van der Waals surface area contributed by atoms with E-state index < -0.39 is 5.91 Å². The van der Waals surface area contributed by atoms with Crippen LogP contribution in [0.5, 0.6) is 5.75 Å². The molecule has 1 aliphatic rings. The summed E-state index contributed by atoms with van der Waals surface area (Å²) in [7, 11) is 0. The van der Waals surface area contributed by atoms with Crippen LogP contribution in [0.2, 0.25) is 0 Å². The van der Waals surface area contributed by atoms with Gasteiger partial charge in [0.1, 0.15) is 5.75 Å². The van der Waals surface area contributed by atoms with Crippen LogP contribution in [0.25, 0.3) is 0 Å². The summed E-state index contributed by atoms with van der Waals surface area (Å²) >= 11 is 0. The van der Waals surface area contributed by atoms with Crippen molar-refractivity contribution in [1.29, 1.82) is 0 Å². The third-order valence-corrected chi connectivity index (χ3v) is 3.02. The normalized spacial score (nSPS) is 13.7. The van der Waals surface area contributed by atoms with Crippen LogP contribution in [0.1, 0.15) is 52.5 Å². The molecule has 1 aromatic rings. The summed E-state index contributed by atoms with van der Waals surface area (Å²) in [5, 5.41) is 12.0. The quantitative estimate of drug-likeness (QED) is 0.617. The molecule has 0 radical (unpaired) electrons. The number of amides is 2. The maximum atomic E-state index is 11.6. The first-order valence-electron chi connectivity index (χ1n) is 5.85. The topological polar surface area (TPSA) is 66.4 Å². The van der Waals surface area contributed by atoms with Crippen molar-refractivity contribution in [2.45, 2.75) is 32.6 Å². The van der Waals surface area contributed by atoms with Gasteiger partial charge in [-0.25, -0.2) is 0 Å². The van der Waals surface area contributed by atoms with Crippen LogP contribution >= 0.6 is 0 Å². The van der Waals surface area contributed by atoms with Crippen LogP contribution in [-0.2, 0) is 6.42 Å². The fourth-order valence-electron chi connectivity index (χ4n) is 2.12. The standard InChI is InChI=1S/C13H15NO3/c1-2-3-4-5-8-10(15)7-6-9-11(8)13(17)14-12(9)16/h6-7,15H,2-5H2,1H3,(H,14,16,17). The minimum absolute atomic E-state index is 0.102. The number of unbranched alkanes of at least 4 members (excludes halogenated alkanes) is 2. The number of carbonyl (C=O) groups excluding carboxylic acids is 2. The molecule has 0 unspecified atom stereocenters. The molecule has 2 rings (SSSR count). The molecule has 4 nitrogen and oxygen atoms in total. The van der Waals surface area contributed by atoms with Gasteiger partial charge in [0.2, 0.25) is 0 Å². The fraction of sp³-hybridized carbons (Fsp3) is 0.385. The smallest absolute Gasteiger partial charge is 0.259 e. The molecule has 1 aromatic carbocycles. The molecule has 0 saturated heterocycles. The molecule has 90 valence electrons. The van der Waals surface area contributed by atoms with Crippen LogP contribution in [0.4, 0.5) is 0 Å². The van der Waals surface area contributed by atoms with Crippen molar-refractivity contribution in [3.8, 4) is 5.75 Å². The minimum atomic E-state index is -0.396. The lowest BCUT2D eigenvalue weighted by atomic mass is 9.97. The number of phenols is 1.